The third kappa shape index (κ3) is 5.11. The number of hydrogen-bond acceptors (Lipinski definition) is 2. The van der Waals surface area contributed by atoms with E-state index in [0.717, 1.165) is 17.1 Å². The normalized spacial score (nSPS) is 10.1. The molecule has 25 heavy (non-hydrogen) atoms. The molecule has 3 rings (SSSR count). The van der Waals surface area contributed by atoms with Crippen LogP contribution in [0, 0.1) is 6.92 Å². The van der Waals surface area contributed by atoms with E-state index in [1.807, 2.05) is 79.7 Å². The van der Waals surface area contributed by atoms with Gasteiger partial charge in [-0.25, -0.2) is 4.79 Å². The molecule has 0 bridgehead atoms. The highest BCUT2D eigenvalue weighted by Gasteiger charge is 2.03. The van der Waals surface area contributed by atoms with Crippen LogP contribution >= 0.6 is 0 Å². The topological polar surface area (TPSA) is 50.4 Å². The van der Waals surface area contributed by atoms with Gasteiger partial charge in [-0.3, -0.25) is 0 Å². The molecule has 2 amide bonds. The summed E-state index contributed by atoms with van der Waals surface area (Å²) < 4.78 is 5.73. The zero-order valence-electron chi connectivity index (χ0n) is 14.0. The summed E-state index contributed by atoms with van der Waals surface area (Å²) in [5.41, 5.74) is 2.96. The van der Waals surface area contributed by atoms with Gasteiger partial charge in [-0.2, -0.15) is 0 Å². The molecule has 126 valence electrons. The van der Waals surface area contributed by atoms with Crippen molar-refractivity contribution < 1.29 is 9.53 Å². The van der Waals surface area contributed by atoms with Crippen molar-refractivity contribution in [3.05, 3.63) is 90.0 Å². The molecule has 0 fully saturated rings. The average molecular weight is 332 g/mol. The molecular weight excluding hydrogens is 312 g/mol. The van der Waals surface area contributed by atoms with Crippen LogP contribution in [0.15, 0.2) is 78.9 Å². The minimum absolute atomic E-state index is 0.238. The number of hydrogen-bond donors (Lipinski definition) is 2. The van der Waals surface area contributed by atoms with Crippen molar-refractivity contribution in [1.29, 1.82) is 0 Å². The number of para-hydroxylation sites is 1. The Kier molecular flexibility index (Phi) is 5.32. The summed E-state index contributed by atoms with van der Waals surface area (Å²) in [7, 11) is 0. The van der Waals surface area contributed by atoms with E-state index >= 15 is 0 Å². The fourth-order valence-corrected chi connectivity index (χ4v) is 2.41. The smallest absolute Gasteiger partial charge is 0.319 e. The fourth-order valence-electron chi connectivity index (χ4n) is 2.41. The molecule has 0 unspecified atom stereocenters. The van der Waals surface area contributed by atoms with E-state index in [2.05, 4.69) is 16.7 Å². The van der Waals surface area contributed by atoms with Crippen molar-refractivity contribution in [2.24, 2.45) is 0 Å². The molecule has 0 heterocycles. The van der Waals surface area contributed by atoms with Crippen LogP contribution in [0.1, 0.15) is 11.1 Å². The quantitative estimate of drug-likeness (QED) is 0.682. The van der Waals surface area contributed by atoms with Gasteiger partial charge in [-0.15, -0.1) is 0 Å². The van der Waals surface area contributed by atoms with Crippen molar-refractivity contribution in [1.82, 2.24) is 5.32 Å². The molecule has 0 saturated heterocycles. The third-order valence-corrected chi connectivity index (χ3v) is 3.63. The summed E-state index contributed by atoms with van der Waals surface area (Å²) in [6, 6.07) is 24.6. The molecule has 0 spiro atoms. The Labute approximate surface area is 147 Å². The molecule has 0 radical (unpaired) electrons. The van der Waals surface area contributed by atoms with Crippen molar-refractivity contribution in [3.63, 3.8) is 0 Å². The molecule has 0 aliphatic heterocycles. The highest BCUT2D eigenvalue weighted by Crippen LogP contribution is 2.22. The van der Waals surface area contributed by atoms with E-state index in [0.29, 0.717) is 12.2 Å². The lowest BCUT2D eigenvalue weighted by Crippen LogP contribution is -2.28. The number of amides is 2. The summed E-state index contributed by atoms with van der Waals surface area (Å²) in [6.07, 6.45) is 0. The van der Waals surface area contributed by atoms with Gasteiger partial charge in [0.1, 0.15) is 11.5 Å². The van der Waals surface area contributed by atoms with Gasteiger partial charge in [0, 0.05) is 12.2 Å². The predicted molar refractivity (Wildman–Crippen MR) is 100.0 cm³/mol. The van der Waals surface area contributed by atoms with Crippen LogP contribution < -0.4 is 15.4 Å². The van der Waals surface area contributed by atoms with Crippen LogP contribution in [-0.2, 0) is 6.54 Å². The number of urea groups is 1. The number of anilines is 1. The lowest BCUT2D eigenvalue weighted by Gasteiger charge is -2.09. The van der Waals surface area contributed by atoms with Crippen molar-refractivity contribution in [3.8, 4) is 11.5 Å². The molecule has 2 N–H and O–H groups in total. The van der Waals surface area contributed by atoms with Crippen molar-refractivity contribution in [2.45, 2.75) is 13.5 Å². The SMILES string of the molecule is Cc1cccc(CNC(=O)Nc2ccc(Oc3ccccc3)cc2)c1. The number of carbonyl (C=O) groups is 1. The van der Waals surface area contributed by atoms with E-state index in [1.165, 1.54) is 5.56 Å². The zero-order valence-corrected chi connectivity index (χ0v) is 14.0. The van der Waals surface area contributed by atoms with Crippen LogP contribution in [0.3, 0.4) is 0 Å². The fraction of sp³-hybridized carbons (Fsp3) is 0.0952. The second kappa shape index (κ2) is 8.02. The van der Waals surface area contributed by atoms with Crippen LogP contribution in [0.5, 0.6) is 11.5 Å². The maximum atomic E-state index is 12.0. The van der Waals surface area contributed by atoms with E-state index in [1.54, 1.807) is 0 Å². The van der Waals surface area contributed by atoms with Gasteiger partial charge in [-0.1, -0.05) is 48.0 Å². The number of aryl methyl sites for hydroxylation is 1. The first kappa shape index (κ1) is 16.6. The van der Waals surface area contributed by atoms with E-state index < -0.39 is 0 Å². The lowest BCUT2D eigenvalue weighted by molar-refractivity contribution is 0.251. The molecule has 0 aliphatic carbocycles. The van der Waals surface area contributed by atoms with Gasteiger partial charge in [0.15, 0.2) is 0 Å². The Bertz CT molecular complexity index is 830. The van der Waals surface area contributed by atoms with Crippen LogP contribution in [0.4, 0.5) is 10.5 Å². The Balaban J connectivity index is 1.51. The summed E-state index contributed by atoms with van der Waals surface area (Å²) in [5, 5.41) is 5.66. The average Bonchev–Trinajstić information content (AvgIpc) is 2.63. The highest BCUT2D eigenvalue weighted by molar-refractivity contribution is 5.89. The van der Waals surface area contributed by atoms with Gasteiger partial charge in [0.2, 0.25) is 0 Å². The molecular formula is C21H20N2O2. The van der Waals surface area contributed by atoms with E-state index in [9.17, 15) is 4.79 Å². The lowest BCUT2D eigenvalue weighted by atomic mass is 10.1. The Morgan fingerprint density at radius 2 is 1.60 bits per heavy atom. The second-order valence-electron chi connectivity index (χ2n) is 5.74. The monoisotopic (exact) mass is 332 g/mol. The maximum Gasteiger partial charge on any atom is 0.319 e. The Morgan fingerprint density at radius 3 is 2.32 bits per heavy atom. The van der Waals surface area contributed by atoms with Gasteiger partial charge in [0.05, 0.1) is 0 Å². The maximum absolute atomic E-state index is 12.0. The summed E-state index contributed by atoms with van der Waals surface area (Å²) in [4.78, 5) is 12.0. The number of carbonyl (C=O) groups excluding carboxylic acids is 1. The van der Waals surface area contributed by atoms with E-state index in [-0.39, 0.29) is 6.03 Å². The minimum atomic E-state index is -0.238. The summed E-state index contributed by atoms with van der Waals surface area (Å²) in [5.74, 6) is 1.50. The van der Waals surface area contributed by atoms with Crippen LogP contribution in [0.25, 0.3) is 0 Å². The first-order valence-corrected chi connectivity index (χ1v) is 8.12. The van der Waals surface area contributed by atoms with E-state index in [4.69, 9.17) is 4.74 Å². The first-order chi connectivity index (χ1) is 12.2. The number of ether oxygens (including phenoxy) is 1. The molecule has 0 saturated carbocycles. The molecule has 0 atom stereocenters. The Hall–Kier alpha value is -3.27. The largest absolute Gasteiger partial charge is 0.457 e. The van der Waals surface area contributed by atoms with Gasteiger partial charge < -0.3 is 15.4 Å². The molecule has 4 heteroatoms. The van der Waals surface area contributed by atoms with Gasteiger partial charge in [-0.05, 0) is 48.9 Å². The molecule has 3 aromatic carbocycles. The van der Waals surface area contributed by atoms with Crippen LogP contribution in [-0.4, -0.2) is 6.03 Å². The molecule has 0 aliphatic rings. The Morgan fingerprint density at radius 1 is 0.880 bits per heavy atom. The third-order valence-electron chi connectivity index (χ3n) is 3.63. The standard InChI is InChI=1S/C21H20N2O2/c1-16-6-5-7-17(14-16)15-22-21(24)23-18-10-12-20(13-11-18)25-19-8-3-2-4-9-19/h2-14H,15H2,1H3,(H2,22,23,24). The molecule has 3 aromatic rings. The van der Waals surface area contributed by atoms with Crippen LogP contribution in [0.2, 0.25) is 0 Å². The second-order valence-corrected chi connectivity index (χ2v) is 5.74. The van der Waals surface area contributed by atoms with Gasteiger partial charge in [0.25, 0.3) is 0 Å². The molecule has 0 aromatic heterocycles. The predicted octanol–water partition coefficient (Wildman–Crippen LogP) is 5.11. The van der Waals surface area contributed by atoms with Crippen molar-refractivity contribution in [2.75, 3.05) is 5.32 Å². The number of nitrogens with one attached hydrogen (secondary N) is 2. The minimum Gasteiger partial charge on any atom is -0.457 e. The summed E-state index contributed by atoms with van der Waals surface area (Å²) in [6.45, 7) is 2.52. The zero-order chi connectivity index (χ0) is 17.5. The molecule has 4 nitrogen and oxygen atoms in total. The summed E-state index contributed by atoms with van der Waals surface area (Å²) >= 11 is 0. The number of rotatable bonds is 5. The first-order valence-electron chi connectivity index (χ1n) is 8.12. The number of benzene rings is 3. The highest BCUT2D eigenvalue weighted by atomic mass is 16.5. The van der Waals surface area contributed by atoms with Gasteiger partial charge >= 0.3 is 6.03 Å². The van der Waals surface area contributed by atoms with Crippen molar-refractivity contribution >= 4 is 11.7 Å².